The van der Waals surface area contributed by atoms with Crippen LogP contribution in [0.25, 0.3) is 5.52 Å². The minimum absolute atomic E-state index is 0.0889. The van der Waals surface area contributed by atoms with Gasteiger partial charge in [0.2, 0.25) is 5.92 Å². The second-order valence-corrected chi connectivity index (χ2v) is 5.43. The van der Waals surface area contributed by atoms with Crippen LogP contribution in [-0.4, -0.2) is 22.1 Å². The van der Waals surface area contributed by atoms with Crippen molar-refractivity contribution in [2.75, 3.05) is 6.54 Å². The molecular weight excluding hydrogens is 248 g/mol. The maximum Gasteiger partial charge on any atom is 0.248 e. The van der Waals surface area contributed by atoms with Crippen LogP contribution < -0.4 is 5.73 Å². The van der Waals surface area contributed by atoms with E-state index in [1.54, 1.807) is 10.7 Å². The first-order valence-electron chi connectivity index (χ1n) is 6.57. The lowest BCUT2D eigenvalue weighted by atomic mass is 9.69. The molecule has 2 heterocycles. The molecule has 19 heavy (non-hydrogen) atoms. The van der Waals surface area contributed by atoms with E-state index in [-0.39, 0.29) is 18.3 Å². The summed E-state index contributed by atoms with van der Waals surface area (Å²) in [7, 11) is 0. The van der Waals surface area contributed by atoms with Gasteiger partial charge in [0.25, 0.3) is 0 Å². The number of hydrogen-bond donors (Lipinski definition) is 1. The van der Waals surface area contributed by atoms with Crippen molar-refractivity contribution in [2.45, 2.75) is 37.0 Å². The smallest absolute Gasteiger partial charge is 0.248 e. The second kappa shape index (κ2) is 4.27. The van der Waals surface area contributed by atoms with E-state index in [2.05, 4.69) is 5.10 Å². The maximum atomic E-state index is 13.4. The second-order valence-electron chi connectivity index (χ2n) is 5.43. The van der Waals surface area contributed by atoms with Crippen LogP contribution in [0.15, 0.2) is 30.6 Å². The van der Waals surface area contributed by atoms with Crippen molar-refractivity contribution in [3.63, 3.8) is 0 Å². The first-order chi connectivity index (χ1) is 9.06. The molecule has 2 aromatic rings. The third-order valence-corrected chi connectivity index (χ3v) is 4.33. The average Bonchev–Trinajstić information content (AvgIpc) is 2.84. The third-order valence-electron chi connectivity index (χ3n) is 4.33. The number of hydrogen-bond acceptors (Lipinski definition) is 2. The van der Waals surface area contributed by atoms with Crippen molar-refractivity contribution in [3.8, 4) is 0 Å². The normalized spacial score (nSPS) is 21.6. The number of pyridine rings is 1. The van der Waals surface area contributed by atoms with Crippen molar-refractivity contribution in [2.24, 2.45) is 5.73 Å². The van der Waals surface area contributed by atoms with Crippen LogP contribution in [-0.2, 0) is 5.41 Å². The number of halogens is 2. The molecule has 3 rings (SSSR count). The molecule has 0 radical (unpaired) electrons. The van der Waals surface area contributed by atoms with E-state index in [1.807, 2.05) is 24.4 Å². The van der Waals surface area contributed by atoms with Crippen molar-refractivity contribution < 1.29 is 8.78 Å². The Kier molecular flexibility index (Phi) is 2.82. The molecule has 3 nitrogen and oxygen atoms in total. The quantitative estimate of drug-likeness (QED) is 0.907. The molecular formula is C14H17F2N3. The summed E-state index contributed by atoms with van der Waals surface area (Å²) in [5.74, 6) is -2.54. The van der Waals surface area contributed by atoms with Crippen LogP contribution in [0, 0.1) is 0 Å². The molecule has 2 aromatic heterocycles. The van der Waals surface area contributed by atoms with Gasteiger partial charge < -0.3 is 5.73 Å². The predicted octanol–water partition coefficient (Wildman–Crippen LogP) is 2.74. The number of nitrogens with zero attached hydrogens (tertiary/aromatic N) is 2. The molecule has 0 saturated heterocycles. The van der Waals surface area contributed by atoms with Gasteiger partial charge in [0, 0.05) is 36.6 Å². The van der Waals surface area contributed by atoms with Crippen molar-refractivity contribution in [1.29, 1.82) is 0 Å². The Balaban J connectivity index is 2.03. The van der Waals surface area contributed by atoms with Gasteiger partial charge in [0.05, 0.1) is 11.7 Å². The van der Waals surface area contributed by atoms with Crippen LogP contribution >= 0.6 is 0 Å². The Labute approximate surface area is 110 Å². The molecule has 1 aliphatic carbocycles. The van der Waals surface area contributed by atoms with Gasteiger partial charge >= 0.3 is 0 Å². The Hall–Kier alpha value is -1.49. The number of aromatic nitrogens is 2. The highest BCUT2D eigenvalue weighted by atomic mass is 19.3. The topological polar surface area (TPSA) is 43.3 Å². The van der Waals surface area contributed by atoms with Gasteiger partial charge in [-0.15, -0.1) is 0 Å². The fourth-order valence-electron chi connectivity index (χ4n) is 3.02. The molecule has 1 saturated carbocycles. The minimum atomic E-state index is -2.54. The monoisotopic (exact) mass is 265 g/mol. The summed E-state index contributed by atoms with van der Waals surface area (Å²) >= 11 is 0. The predicted molar refractivity (Wildman–Crippen MR) is 69.3 cm³/mol. The number of alkyl halides is 2. The summed E-state index contributed by atoms with van der Waals surface area (Å²) in [6, 6.07) is 5.79. The molecule has 0 bridgehead atoms. The number of fused-ring (bicyclic) bond motifs is 1. The Bertz CT molecular complexity index is 581. The van der Waals surface area contributed by atoms with Gasteiger partial charge in [-0.1, -0.05) is 6.07 Å². The van der Waals surface area contributed by atoms with E-state index in [0.717, 1.165) is 11.1 Å². The van der Waals surface area contributed by atoms with Gasteiger partial charge in [-0.25, -0.2) is 13.3 Å². The molecule has 0 aliphatic heterocycles. The Morgan fingerprint density at radius 1 is 1.21 bits per heavy atom. The van der Waals surface area contributed by atoms with E-state index in [0.29, 0.717) is 19.4 Å². The summed E-state index contributed by atoms with van der Waals surface area (Å²) in [6.45, 7) is 0.388. The first-order valence-corrected chi connectivity index (χ1v) is 6.57. The summed E-state index contributed by atoms with van der Waals surface area (Å²) in [6.07, 6.45) is 4.31. The lowest BCUT2D eigenvalue weighted by Gasteiger charge is -2.39. The maximum absolute atomic E-state index is 13.4. The molecule has 0 spiro atoms. The van der Waals surface area contributed by atoms with Crippen LogP contribution in [0.4, 0.5) is 8.78 Å². The zero-order valence-corrected chi connectivity index (χ0v) is 10.6. The molecule has 2 N–H and O–H groups in total. The molecule has 0 amide bonds. The lowest BCUT2D eigenvalue weighted by molar-refractivity contribution is -0.0507. The first kappa shape index (κ1) is 12.5. The number of rotatable bonds is 2. The van der Waals surface area contributed by atoms with Gasteiger partial charge in [-0.3, -0.25) is 0 Å². The van der Waals surface area contributed by atoms with Crippen LogP contribution in [0.2, 0.25) is 0 Å². The largest absolute Gasteiger partial charge is 0.330 e. The summed E-state index contributed by atoms with van der Waals surface area (Å²) in [5.41, 5.74) is 7.55. The van der Waals surface area contributed by atoms with Crippen molar-refractivity contribution >= 4 is 5.52 Å². The van der Waals surface area contributed by atoms with Gasteiger partial charge in [0.1, 0.15) is 0 Å². The molecule has 0 unspecified atom stereocenters. The standard InChI is InChI=1S/C14H17F2N3/c15-14(16)6-4-13(10-17,5-7-14)11-9-18-19-8-2-1-3-12(11)19/h1-3,8-9H,4-7,10,17H2. The van der Waals surface area contributed by atoms with E-state index in [4.69, 9.17) is 5.73 Å². The highest BCUT2D eigenvalue weighted by Crippen LogP contribution is 2.45. The van der Waals surface area contributed by atoms with E-state index in [9.17, 15) is 8.78 Å². The summed E-state index contributed by atoms with van der Waals surface area (Å²) in [4.78, 5) is 0. The van der Waals surface area contributed by atoms with E-state index in [1.165, 1.54) is 0 Å². The lowest BCUT2D eigenvalue weighted by Crippen LogP contribution is -2.42. The number of nitrogens with two attached hydrogens (primary N) is 1. The zero-order valence-electron chi connectivity index (χ0n) is 10.6. The van der Waals surface area contributed by atoms with Crippen LogP contribution in [0.5, 0.6) is 0 Å². The fourth-order valence-corrected chi connectivity index (χ4v) is 3.02. The molecule has 1 aliphatic rings. The average molecular weight is 265 g/mol. The molecule has 0 atom stereocenters. The highest BCUT2D eigenvalue weighted by molar-refractivity contribution is 5.57. The summed E-state index contributed by atoms with van der Waals surface area (Å²) < 4.78 is 28.5. The SMILES string of the molecule is NCC1(c2cnn3ccccc23)CCC(F)(F)CC1. The minimum Gasteiger partial charge on any atom is -0.330 e. The summed E-state index contributed by atoms with van der Waals surface area (Å²) in [5, 5.41) is 4.30. The molecule has 5 heteroatoms. The van der Waals surface area contributed by atoms with Gasteiger partial charge in [0.15, 0.2) is 0 Å². The molecule has 1 fully saturated rings. The van der Waals surface area contributed by atoms with Crippen molar-refractivity contribution in [3.05, 3.63) is 36.2 Å². The highest BCUT2D eigenvalue weighted by Gasteiger charge is 2.44. The molecule has 102 valence electrons. The Morgan fingerprint density at radius 2 is 1.95 bits per heavy atom. The Morgan fingerprint density at radius 3 is 2.63 bits per heavy atom. The van der Waals surface area contributed by atoms with Crippen LogP contribution in [0.1, 0.15) is 31.2 Å². The fraction of sp³-hybridized carbons (Fsp3) is 0.500. The van der Waals surface area contributed by atoms with E-state index >= 15 is 0 Å². The molecule has 0 aromatic carbocycles. The van der Waals surface area contributed by atoms with Gasteiger partial charge in [-0.2, -0.15) is 5.10 Å². The van der Waals surface area contributed by atoms with Gasteiger partial charge in [-0.05, 0) is 25.0 Å². The van der Waals surface area contributed by atoms with E-state index < -0.39 is 5.92 Å². The third kappa shape index (κ3) is 2.02. The van der Waals surface area contributed by atoms with Crippen LogP contribution in [0.3, 0.4) is 0 Å². The van der Waals surface area contributed by atoms with Crippen molar-refractivity contribution in [1.82, 2.24) is 9.61 Å². The zero-order chi connectivity index (χ0) is 13.5.